The monoisotopic (exact) mass is 514 g/mol. The van der Waals surface area contributed by atoms with E-state index in [4.69, 9.17) is 4.74 Å². The van der Waals surface area contributed by atoms with Crippen LogP contribution in [0.15, 0.2) is 60.8 Å². The normalized spacial score (nSPS) is 15.5. The minimum absolute atomic E-state index is 0.0787. The second-order valence-electron chi connectivity index (χ2n) is 8.67. The van der Waals surface area contributed by atoms with Crippen LogP contribution < -0.4 is 15.1 Å². The quantitative estimate of drug-likeness (QED) is 0.275. The maximum absolute atomic E-state index is 13.3. The van der Waals surface area contributed by atoms with Gasteiger partial charge in [-0.15, -0.1) is 0 Å². The third-order valence-electron chi connectivity index (χ3n) is 6.17. The van der Waals surface area contributed by atoms with Crippen LogP contribution in [-0.2, 0) is 4.74 Å². The van der Waals surface area contributed by atoms with Gasteiger partial charge in [0.2, 0.25) is 5.95 Å². The number of morpholine rings is 1. The maximum atomic E-state index is 13.3. The minimum Gasteiger partial charge on any atom is -0.370 e. The fourth-order valence-corrected chi connectivity index (χ4v) is 4.22. The van der Waals surface area contributed by atoms with Crippen molar-refractivity contribution in [2.75, 3.05) is 50.2 Å². The van der Waals surface area contributed by atoms with Crippen molar-refractivity contribution in [3.05, 3.63) is 66.6 Å². The summed E-state index contributed by atoms with van der Waals surface area (Å²) in [6, 6.07) is 15.5. The molecule has 0 radical (unpaired) electrons. The third kappa shape index (κ3) is 5.75. The molecule has 0 unspecified atom stereocenters. The van der Waals surface area contributed by atoms with E-state index in [0.29, 0.717) is 48.7 Å². The van der Waals surface area contributed by atoms with E-state index in [1.807, 2.05) is 30.3 Å². The fourth-order valence-electron chi connectivity index (χ4n) is 4.22. The molecule has 4 aromatic rings. The first-order valence-electron chi connectivity index (χ1n) is 11.7. The molecule has 3 heterocycles. The van der Waals surface area contributed by atoms with Gasteiger partial charge in [0, 0.05) is 5.56 Å². The summed E-state index contributed by atoms with van der Waals surface area (Å²) in [5, 5.41) is 5.53. The Labute approximate surface area is 209 Å². The van der Waals surface area contributed by atoms with Gasteiger partial charge in [0.1, 0.15) is 31.1 Å². The first-order valence-corrected chi connectivity index (χ1v) is 11.7. The molecule has 192 valence electrons. The van der Waals surface area contributed by atoms with Crippen molar-refractivity contribution in [3.63, 3.8) is 0 Å². The van der Waals surface area contributed by atoms with E-state index < -0.39 is 18.5 Å². The van der Waals surface area contributed by atoms with Crippen LogP contribution in [0.4, 0.5) is 35.0 Å². The first kappa shape index (κ1) is 24.8. The summed E-state index contributed by atoms with van der Waals surface area (Å²) < 4.78 is 58.6. The molecular weight excluding hydrogens is 490 g/mol. The number of alkyl halides is 3. The number of nitrogens with zero attached hydrogens (tertiary/aromatic N) is 5. The molecule has 5 rings (SSSR count). The van der Waals surface area contributed by atoms with E-state index >= 15 is 0 Å². The van der Waals surface area contributed by atoms with Crippen molar-refractivity contribution < 1.29 is 22.3 Å². The van der Waals surface area contributed by atoms with Gasteiger partial charge in [0.05, 0.1) is 25.1 Å². The molecular formula is C25H24F4N7O+. The van der Waals surface area contributed by atoms with Crippen LogP contribution in [0.25, 0.3) is 22.4 Å². The molecule has 0 aliphatic carbocycles. The number of para-hydroxylation sites is 1. The van der Waals surface area contributed by atoms with Crippen molar-refractivity contribution >= 4 is 28.6 Å². The molecule has 1 fully saturated rings. The van der Waals surface area contributed by atoms with Crippen LogP contribution in [-0.4, -0.2) is 65.6 Å². The number of aromatic nitrogens is 4. The highest BCUT2D eigenvalue weighted by Crippen LogP contribution is 2.27. The summed E-state index contributed by atoms with van der Waals surface area (Å²) in [7, 11) is 0. The summed E-state index contributed by atoms with van der Waals surface area (Å²) in [4.78, 5) is 17.5. The van der Waals surface area contributed by atoms with Gasteiger partial charge in [0.25, 0.3) is 0 Å². The van der Waals surface area contributed by atoms with E-state index in [2.05, 4.69) is 30.6 Å². The molecule has 2 aromatic carbocycles. The van der Waals surface area contributed by atoms with Gasteiger partial charge in [-0.3, -0.25) is 4.48 Å². The molecule has 0 amide bonds. The molecule has 2 aromatic heterocycles. The van der Waals surface area contributed by atoms with Gasteiger partial charge in [-0.05, 0) is 36.4 Å². The van der Waals surface area contributed by atoms with Crippen LogP contribution in [0, 0.1) is 5.82 Å². The highest BCUT2D eigenvalue weighted by Gasteiger charge is 2.33. The Bertz CT molecular complexity index is 1360. The number of benzene rings is 2. The van der Waals surface area contributed by atoms with Crippen molar-refractivity contribution in [3.8, 4) is 11.3 Å². The highest BCUT2D eigenvalue weighted by atomic mass is 19.4. The molecule has 1 saturated heterocycles. The zero-order valence-corrected chi connectivity index (χ0v) is 19.7. The third-order valence-corrected chi connectivity index (χ3v) is 6.17. The Morgan fingerprint density at radius 1 is 0.892 bits per heavy atom. The lowest BCUT2D eigenvalue weighted by Gasteiger charge is -2.40. The maximum Gasteiger partial charge on any atom is 0.405 e. The van der Waals surface area contributed by atoms with E-state index in [1.165, 1.54) is 30.5 Å². The lowest BCUT2D eigenvalue weighted by molar-refractivity contribution is -0.115. The summed E-state index contributed by atoms with van der Waals surface area (Å²) in [6.07, 6.45) is -3.02. The molecule has 0 bridgehead atoms. The SMILES string of the molecule is Fc1ccc(-c2cnc3nc(NC[N+]4(c5ccccc5)CCOCC4)nc(NCC(F)(F)F)c3n2)cc1. The summed E-state index contributed by atoms with van der Waals surface area (Å²) in [5.41, 5.74) is 2.20. The van der Waals surface area contributed by atoms with E-state index in [-0.39, 0.29) is 22.9 Å². The fraction of sp³-hybridized carbons (Fsp3) is 0.280. The zero-order valence-electron chi connectivity index (χ0n) is 19.7. The van der Waals surface area contributed by atoms with Crippen LogP contribution in [0.5, 0.6) is 0 Å². The van der Waals surface area contributed by atoms with E-state index in [1.54, 1.807) is 0 Å². The number of ether oxygens (including phenoxy) is 1. The van der Waals surface area contributed by atoms with Gasteiger partial charge in [-0.2, -0.15) is 23.1 Å². The molecule has 1 aliphatic heterocycles. The number of halogens is 4. The van der Waals surface area contributed by atoms with Gasteiger partial charge in [-0.25, -0.2) is 14.4 Å². The average molecular weight is 515 g/mol. The number of quaternary nitrogens is 1. The standard InChI is InChI=1S/C25H24F4N7O/c26-18-8-6-17(7-9-18)20-14-30-22-21(33-20)23(31-15-25(27,28)29)35-24(34-22)32-16-36(10-12-37-13-11-36)19-4-2-1-3-5-19/h1-9,14H,10-13,15-16H2,(H2,30,31,32,34,35)/q+1. The largest absolute Gasteiger partial charge is 0.405 e. The predicted molar refractivity (Wildman–Crippen MR) is 132 cm³/mol. The smallest absolute Gasteiger partial charge is 0.370 e. The molecule has 12 heteroatoms. The van der Waals surface area contributed by atoms with Crippen LogP contribution in [0.3, 0.4) is 0 Å². The van der Waals surface area contributed by atoms with E-state index in [9.17, 15) is 17.6 Å². The lowest BCUT2D eigenvalue weighted by Crippen LogP contribution is -2.58. The molecule has 2 N–H and O–H groups in total. The average Bonchev–Trinajstić information content (AvgIpc) is 2.91. The Hall–Kier alpha value is -3.90. The molecule has 0 saturated carbocycles. The zero-order chi connectivity index (χ0) is 25.9. The Morgan fingerprint density at radius 3 is 2.32 bits per heavy atom. The van der Waals surface area contributed by atoms with Crippen molar-refractivity contribution in [2.24, 2.45) is 0 Å². The number of hydrogen-bond donors (Lipinski definition) is 2. The highest BCUT2D eigenvalue weighted by molar-refractivity contribution is 5.85. The summed E-state index contributed by atoms with van der Waals surface area (Å²) in [6.45, 7) is 1.67. The number of rotatable bonds is 7. The number of nitrogens with one attached hydrogen (secondary N) is 2. The molecule has 37 heavy (non-hydrogen) atoms. The second-order valence-corrected chi connectivity index (χ2v) is 8.67. The van der Waals surface area contributed by atoms with Crippen LogP contribution in [0.2, 0.25) is 0 Å². The topological polar surface area (TPSA) is 84.9 Å². The first-order chi connectivity index (χ1) is 17.8. The van der Waals surface area contributed by atoms with Gasteiger partial charge in [-0.1, -0.05) is 18.2 Å². The molecule has 1 aliphatic rings. The van der Waals surface area contributed by atoms with E-state index in [0.717, 1.165) is 5.69 Å². The van der Waals surface area contributed by atoms with Crippen molar-refractivity contribution in [2.45, 2.75) is 6.18 Å². The number of fused-ring (bicyclic) bond motifs is 1. The number of anilines is 2. The van der Waals surface area contributed by atoms with Gasteiger partial charge < -0.3 is 15.4 Å². The molecule has 8 nitrogen and oxygen atoms in total. The summed E-state index contributed by atoms with van der Waals surface area (Å²) in [5.74, 6) is -0.393. The predicted octanol–water partition coefficient (Wildman–Crippen LogP) is 4.61. The second kappa shape index (κ2) is 10.2. The molecule has 0 spiro atoms. The van der Waals surface area contributed by atoms with Gasteiger partial charge >= 0.3 is 6.18 Å². The van der Waals surface area contributed by atoms with Gasteiger partial charge in [0.15, 0.2) is 23.7 Å². The Kier molecular flexibility index (Phi) is 6.85. The van der Waals surface area contributed by atoms with Crippen LogP contribution in [0.1, 0.15) is 0 Å². The van der Waals surface area contributed by atoms with Crippen LogP contribution >= 0.6 is 0 Å². The number of hydrogen-bond acceptors (Lipinski definition) is 7. The lowest BCUT2D eigenvalue weighted by atomic mass is 10.1. The molecule has 0 atom stereocenters. The Balaban J connectivity index is 1.48. The van der Waals surface area contributed by atoms with Crippen molar-refractivity contribution in [1.29, 1.82) is 0 Å². The minimum atomic E-state index is -4.47. The Morgan fingerprint density at radius 2 is 1.62 bits per heavy atom. The summed E-state index contributed by atoms with van der Waals surface area (Å²) >= 11 is 0. The van der Waals surface area contributed by atoms with Crippen molar-refractivity contribution in [1.82, 2.24) is 24.4 Å².